The first kappa shape index (κ1) is 17.4. The van der Waals surface area contributed by atoms with Gasteiger partial charge < -0.3 is 9.80 Å². The molecule has 0 bridgehead atoms. The number of amides is 3. The van der Waals surface area contributed by atoms with Crippen molar-refractivity contribution in [1.29, 1.82) is 0 Å². The molecule has 1 N–H and O–H groups in total. The van der Waals surface area contributed by atoms with E-state index in [4.69, 9.17) is 4.99 Å². The van der Waals surface area contributed by atoms with E-state index in [1.807, 2.05) is 25.7 Å². The van der Waals surface area contributed by atoms with Crippen molar-refractivity contribution in [3.05, 3.63) is 17.0 Å². The van der Waals surface area contributed by atoms with E-state index in [2.05, 4.69) is 17.3 Å². The number of nitrogens with zero attached hydrogens (tertiary/aromatic N) is 5. The highest BCUT2D eigenvalue weighted by molar-refractivity contribution is 6.04. The molecule has 8 heteroatoms. The number of unbranched alkanes of at least 4 members (excludes halogenated alkanes) is 2. The molecule has 1 aromatic rings. The van der Waals surface area contributed by atoms with Crippen LogP contribution in [0.3, 0.4) is 0 Å². The Morgan fingerprint density at radius 2 is 1.88 bits per heavy atom. The molecule has 3 rings (SSSR count). The number of carbonyl (C=O) groups excluding carboxylic acids is 2. The zero-order chi connectivity index (χ0) is 18.3. The Labute approximate surface area is 147 Å². The average Bonchev–Trinajstić information content (AvgIpc) is 3.07. The second-order valence-electron chi connectivity index (χ2n) is 6.80. The van der Waals surface area contributed by atoms with E-state index in [1.54, 1.807) is 11.7 Å². The average molecular weight is 346 g/mol. The maximum absolute atomic E-state index is 12.5. The van der Waals surface area contributed by atoms with Gasteiger partial charge in [0.25, 0.3) is 5.91 Å². The van der Waals surface area contributed by atoms with E-state index in [0.29, 0.717) is 12.5 Å². The molecule has 0 spiro atoms. The molecule has 1 saturated heterocycles. The molecular formula is C17H26N6O2. The van der Waals surface area contributed by atoms with Crippen molar-refractivity contribution in [1.82, 2.24) is 24.9 Å². The van der Waals surface area contributed by atoms with Crippen LogP contribution in [0.1, 0.15) is 43.1 Å². The molecule has 136 valence electrons. The van der Waals surface area contributed by atoms with Gasteiger partial charge in [-0.2, -0.15) is 5.10 Å². The zero-order valence-electron chi connectivity index (χ0n) is 15.5. The van der Waals surface area contributed by atoms with Crippen molar-refractivity contribution in [3.63, 3.8) is 0 Å². The van der Waals surface area contributed by atoms with Crippen LogP contribution in [-0.4, -0.2) is 63.3 Å². The van der Waals surface area contributed by atoms with Crippen LogP contribution in [0, 0.1) is 20.8 Å². The summed E-state index contributed by atoms with van der Waals surface area (Å²) in [6, 6.07) is -0.909. The van der Waals surface area contributed by atoms with E-state index < -0.39 is 18.2 Å². The lowest BCUT2D eigenvalue weighted by Gasteiger charge is -2.36. The fourth-order valence-corrected chi connectivity index (χ4v) is 3.37. The van der Waals surface area contributed by atoms with Crippen molar-refractivity contribution in [2.75, 3.05) is 13.6 Å². The summed E-state index contributed by atoms with van der Waals surface area (Å²) in [6.45, 7) is 8.84. The zero-order valence-corrected chi connectivity index (χ0v) is 15.5. The number of fused-ring (bicyclic) bond motifs is 1. The Kier molecular flexibility index (Phi) is 4.53. The summed E-state index contributed by atoms with van der Waals surface area (Å²) in [5.74, 6) is 0.359. The lowest BCUT2D eigenvalue weighted by Crippen LogP contribution is -2.64. The number of likely N-dealkylation sites (N-methyl/N-ethyl adjacent to an activating group) is 1. The molecule has 2 aliphatic rings. The highest BCUT2D eigenvalue weighted by atomic mass is 16.2. The van der Waals surface area contributed by atoms with Crippen LogP contribution in [0.15, 0.2) is 4.99 Å². The second kappa shape index (κ2) is 6.50. The van der Waals surface area contributed by atoms with Gasteiger partial charge in [-0.15, -0.1) is 0 Å². The maximum Gasteiger partial charge on any atom is 0.325 e. The van der Waals surface area contributed by atoms with Crippen molar-refractivity contribution >= 4 is 17.9 Å². The fourth-order valence-electron chi connectivity index (χ4n) is 3.37. The van der Waals surface area contributed by atoms with E-state index in [0.717, 1.165) is 36.2 Å². The predicted molar refractivity (Wildman–Crippen MR) is 94.4 cm³/mol. The van der Waals surface area contributed by atoms with E-state index in [-0.39, 0.29) is 5.91 Å². The van der Waals surface area contributed by atoms with Crippen LogP contribution >= 0.6 is 0 Å². The van der Waals surface area contributed by atoms with Gasteiger partial charge in [-0.25, -0.2) is 14.5 Å². The molecule has 2 atom stereocenters. The van der Waals surface area contributed by atoms with Gasteiger partial charge in [0.1, 0.15) is 0 Å². The lowest BCUT2D eigenvalue weighted by molar-refractivity contribution is -0.127. The van der Waals surface area contributed by atoms with E-state index >= 15 is 0 Å². The summed E-state index contributed by atoms with van der Waals surface area (Å²) in [5, 5.41) is 7.03. The summed E-state index contributed by atoms with van der Waals surface area (Å²) < 4.78 is 1.81. The lowest BCUT2D eigenvalue weighted by atomic mass is 10.1. The topological polar surface area (TPSA) is 82.8 Å². The van der Waals surface area contributed by atoms with E-state index in [9.17, 15) is 9.59 Å². The number of imide groups is 1. The smallest absolute Gasteiger partial charge is 0.325 e. The third kappa shape index (κ3) is 2.79. The van der Waals surface area contributed by atoms with Crippen LogP contribution in [0.5, 0.6) is 0 Å². The molecule has 8 nitrogen and oxygen atoms in total. The number of urea groups is 1. The molecule has 2 aliphatic heterocycles. The molecule has 1 fully saturated rings. The van der Waals surface area contributed by atoms with Gasteiger partial charge in [0.15, 0.2) is 12.2 Å². The van der Waals surface area contributed by atoms with Crippen LogP contribution in [-0.2, 0) is 4.79 Å². The quantitative estimate of drug-likeness (QED) is 0.835. The number of nitrogens with one attached hydrogen (secondary N) is 1. The molecule has 25 heavy (non-hydrogen) atoms. The number of hydrogen-bond acceptors (Lipinski definition) is 5. The van der Waals surface area contributed by atoms with Gasteiger partial charge >= 0.3 is 6.03 Å². The van der Waals surface area contributed by atoms with Crippen LogP contribution in [0.4, 0.5) is 4.79 Å². The maximum atomic E-state index is 12.5. The highest BCUT2D eigenvalue weighted by Gasteiger charge is 2.49. The number of aromatic nitrogens is 2. The molecule has 2 unspecified atom stereocenters. The van der Waals surface area contributed by atoms with Gasteiger partial charge in [0.05, 0.1) is 5.69 Å². The Bertz CT molecular complexity index is 738. The largest absolute Gasteiger partial charge is 0.325 e. The molecule has 3 heterocycles. The minimum Gasteiger partial charge on any atom is -0.325 e. The molecule has 0 aliphatic carbocycles. The third-order valence-electron chi connectivity index (χ3n) is 5.18. The molecule has 0 aromatic carbocycles. The SMILES string of the molecule is CCCCCN1C(n2nc(C)c(C)c2C)=NC2C1C(=O)NC(=O)N2C. The minimum atomic E-state index is -0.512. The Morgan fingerprint density at radius 3 is 2.48 bits per heavy atom. The number of rotatable bonds is 4. The monoisotopic (exact) mass is 346 g/mol. The second-order valence-corrected chi connectivity index (χ2v) is 6.80. The highest BCUT2D eigenvalue weighted by Crippen LogP contribution is 2.26. The number of aryl methyl sites for hydroxylation is 1. The standard InChI is InChI=1S/C17H26N6O2/c1-6-7-8-9-22-13-14(21(5)17(25)19-15(13)24)18-16(22)23-12(4)10(2)11(3)20-23/h13-14H,6-9H2,1-5H3,(H,19,24,25). The van der Waals surface area contributed by atoms with Gasteiger partial charge in [0.2, 0.25) is 5.96 Å². The van der Waals surface area contributed by atoms with Crippen molar-refractivity contribution < 1.29 is 9.59 Å². The first-order valence-corrected chi connectivity index (χ1v) is 8.82. The van der Waals surface area contributed by atoms with Gasteiger partial charge in [-0.3, -0.25) is 10.1 Å². The van der Waals surface area contributed by atoms with Crippen LogP contribution in [0.25, 0.3) is 0 Å². The number of carbonyl (C=O) groups is 2. The molecular weight excluding hydrogens is 320 g/mol. The molecule has 0 radical (unpaired) electrons. The van der Waals surface area contributed by atoms with E-state index in [1.165, 1.54) is 4.90 Å². The van der Waals surface area contributed by atoms with Crippen LogP contribution in [0.2, 0.25) is 0 Å². The van der Waals surface area contributed by atoms with Crippen LogP contribution < -0.4 is 5.32 Å². The minimum absolute atomic E-state index is 0.290. The third-order valence-corrected chi connectivity index (χ3v) is 5.18. The Hall–Kier alpha value is -2.38. The first-order chi connectivity index (χ1) is 11.9. The van der Waals surface area contributed by atoms with Crippen molar-refractivity contribution in [3.8, 4) is 0 Å². The molecule has 0 saturated carbocycles. The summed E-state index contributed by atoms with van der Waals surface area (Å²) in [4.78, 5) is 32.7. The summed E-state index contributed by atoms with van der Waals surface area (Å²) in [7, 11) is 1.67. The normalized spacial score (nSPS) is 23.0. The fraction of sp³-hybridized carbons (Fsp3) is 0.647. The van der Waals surface area contributed by atoms with Crippen molar-refractivity contribution in [2.45, 2.75) is 59.2 Å². The number of hydrogen-bond donors (Lipinski definition) is 1. The number of aliphatic imine (C=N–C) groups is 1. The first-order valence-electron chi connectivity index (χ1n) is 8.82. The summed E-state index contributed by atoms with van der Waals surface area (Å²) >= 11 is 0. The Balaban J connectivity index is 2.01. The van der Waals surface area contributed by atoms with Gasteiger partial charge in [0, 0.05) is 19.3 Å². The van der Waals surface area contributed by atoms with Gasteiger partial charge in [-0.05, 0) is 32.8 Å². The van der Waals surface area contributed by atoms with Gasteiger partial charge in [-0.1, -0.05) is 19.8 Å². The molecule has 3 amide bonds. The Morgan fingerprint density at radius 1 is 1.16 bits per heavy atom. The summed E-state index contributed by atoms with van der Waals surface area (Å²) in [6.07, 6.45) is 2.62. The van der Waals surface area contributed by atoms with Crippen molar-refractivity contribution in [2.24, 2.45) is 4.99 Å². The predicted octanol–water partition coefficient (Wildman–Crippen LogP) is 1.39. The molecule has 1 aromatic heterocycles. The summed E-state index contributed by atoms with van der Waals surface area (Å²) in [5.41, 5.74) is 3.06.